The molecule has 0 spiro atoms. The normalized spacial score (nSPS) is 21.5. The lowest BCUT2D eigenvalue weighted by molar-refractivity contribution is -0.146. The van der Waals surface area contributed by atoms with Crippen LogP contribution in [0.15, 0.2) is 24.3 Å². The third-order valence-electron chi connectivity index (χ3n) is 5.35. The van der Waals surface area contributed by atoms with Crippen LogP contribution in [0.4, 0.5) is 0 Å². The molecule has 6 nitrogen and oxygen atoms in total. The minimum atomic E-state index is -0.302. The highest BCUT2D eigenvalue weighted by molar-refractivity contribution is 5.88. The summed E-state index contributed by atoms with van der Waals surface area (Å²) in [4.78, 5) is 29.3. The van der Waals surface area contributed by atoms with E-state index in [0.29, 0.717) is 39.3 Å². The number of amides is 2. The van der Waals surface area contributed by atoms with Gasteiger partial charge >= 0.3 is 0 Å². The van der Waals surface area contributed by atoms with Crippen LogP contribution in [-0.2, 0) is 14.3 Å². The van der Waals surface area contributed by atoms with E-state index in [-0.39, 0.29) is 23.8 Å². The monoisotopic (exact) mass is 360 g/mol. The van der Waals surface area contributed by atoms with Crippen LogP contribution in [0, 0.1) is 0 Å². The summed E-state index contributed by atoms with van der Waals surface area (Å²) < 4.78 is 10.5. The first-order chi connectivity index (χ1) is 12.6. The van der Waals surface area contributed by atoms with Crippen LogP contribution in [0.3, 0.4) is 0 Å². The largest absolute Gasteiger partial charge is 0.497 e. The average molecular weight is 360 g/mol. The maximum Gasteiger partial charge on any atom is 0.245 e. The Hall–Kier alpha value is -2.08. The molecule has 0 N–H and O–H groups in total. The van der Waals surface area contributed by atoms with Gasteiger partial charge in [-0.05, 0) is 36.5 Å². The second-order valence-corrected chi connectivity index (χ2v) is 7.06. The van der Waals surface area contributed by atoms with Gasteiger partial charge < -0.3 is 19.3 Å². The molecular formula is C20H28N2O4. The van der Waals surface area contributed by atoms with Crippen LogP contribution >= 0.6 is 0 Å². The van der Waals surface area contributed by atoms with Crippen LogP contribution in [0.2, 0.25) is 0 Å². The third-order valence-corrected chi connectivity index (χ3v) is 5.35. The minimum Gasteiger partial charge on any atom is -0.497 e. The maximum absolute atomic E-state index is 12.9. The molecule has 2 amide bonds. The Morgan fingerprint density at radius 2 is 1.88 bits per heavy atom. The molecule has 0 aromatic heterocycles. The first-order valence-electron chi connectivity index (χ1n) is 9.40. The van der Waals surface area contributed by atoms with Crippen LogP contribution in [0.1, 0.15) is 37.7 Å². The standard InChI is InChI=1S/C20H28N2O4/c1-15(16-5-7-17(25-2)8-6-16)14-19(23)22-9-3-4-18(22)20(24)21-10-12-26-13-11-21/h5-8,15,18H,3-4,9-14H2,1-2H3/t15?,18-/m1/s1. The number of nitrogens with zero attached hydrogens (tertiary/aromatic N) is 2. The average Bonchev–Trinajstić information content (AvgIpc) is 3.18. The summed E-state index contributed by atoms with van der Waals surface area (Å²) in [5.74, 6) is 1.06. The van der Waals surface area contributed by atoms with Crippen molar-refractivity contribution in [3.8, 4) is 5.75 Å². The molecule has 1 aromatic rings. The molecule has 6 heteroatoms. The van der Waals surface area contributed by atoms with E-state index in [1.807, 2.05) is 29.2 Å². The van der Waals surface area contributed by atoms with Crippen LogP contribution in [0.25, 0.3) is 0 Å². The SMILES string of the molecule is COc1ccc(C(C)CC(=O)N2CCC[C@@H]2C(=O)N2CCOCC2)cc1. The molecule has 3 rings (SSSR count). The molecule has 2 heterocycles. The lowest BCUT2D eigenvalue weighted by atomic mass is 9.97. The molecular weight excluding hydrogens is 332 g/mol. The second-order valence-electron chi connectivity index (χ2n) is 7.06. The number of morpholine rings is 1. The maximum atomic E-state index is 12.9. The van der Waals surface area contributed by atoms with E-state index in [0.717, 1.165) is 24.2 Å². The molecule has 0 aliphatic carbocycles. The van der Waals surface area contributed by atoms with Crippen LogP contribution in [0.5, 0.6) is 5.75 Å². The van der Waals surface area contributed by atoms with Crippen molar-refractivity contribution in [2.75, 3.05) is 40.0 Å². The van der Waals surface area contributed by atoms with E-state index in [4.69, 9.17) is 9.47 Å². The van der Waals surface area contributed by atoms with Crippen LogP contribution in [-0.4, -0.2) is 67.6 Å². The van der Waals surface area contributed by atoms with Gasteiger partial charge in [0.2, 0.25) is 11.8 Å². The zero-order valence-corrected chi connectivity index (χ0v) is 15.6. The van der Waals surface area contributed by atoms with Gasteiger partial charge in [-0.25, -0.2) is 0 Å². The molecule has 1 unspecified atom stereocenters. The molecule has 0 saturated carbocycles. The summed E-state index contributed by atoms with van der Waals surface area (Å²) in [5.41, 5.74) is 1.11. The molecule has 2 saturated heterocycles. The van der Waals surface area contributed by atoms with Crippen molar-refractivity contribution in [2.45, 2.75) is 38.1 Å². The number of methoxy groups -OCH3 is 1. The lowest BCUT2D eigenvalue weighted by Crippen LogP contribution is -2.51. The van der Waals surface area contributed by atoms with E-state index >= 15 is 0 Å². The minimum absolute atomic E-state index is 0.0671. The van der Waals surface area contributed by atoms with E-state index in [1.54, 1.807) is 12.0 Å². The van der Waals surface area contributed by atoms with Crippen LogP contribution < -0.4 is 4.74 Å². The number of rotatable bonds is 5. The van der Waals surface area contributed by atoms with Gasteiger partial charge in [-0.15, -0.1) is 0 Å². The molecule has 2 aliphatic heterocycles. The molecule has 2 fully saturated rings. The topological polar surface area (TPSA) is 59.1 Å². The molecule has 0 radical (unpaired) electrons. The molecule has 0 bridgehead atoms. The van der Waals surface area contributed by atoms with E-state index in [1.165, 1.54) is 0 Å². The number of carbonyl (C=O) groups is 2. The quantitative estimate of drug-likeness (QED) is 0.806. The summed E-state index contributed by atoms with van der Waals surface area (Å²) in [7, 11) is 1.64. The lowest BCUT2D eigenvalue weighted by Gasteiger charge is -2.33. The van der Waals surface area contributed by atoms with Gasteiger partial charge in [0.15, 0.2) is 0 Å². The Labute approximate surface area is 155 Å². The van der Waals surface area contributed by atoms with Crippen molar-refractivity contribution in [1.82, 2.24) is 9.80 Å². The van der Waals surface area contributed by atoms with Crippen molar-refractivity contribution in [3.63, 3.8) is 0 Å². The predicted octanol–water partition coefficient (Wildman–Crippen LogP) is 2.04. The van der Waals surface area contributed by atoms with Crippen molar-refractivity contribution in [1.29, 1.82) is 0 Å². The number of hydrogen-bond acceptors (Lipinski definition) is 4. The fraction of sp³-hybridized carbons (Fsp3) is 0.600. The number of benzene rings is 1. The van der Waals surface area contributed by atoms with Gasteiger partial charge in [-0.1, -0.05) is 19.1 Å². The number of hydrogen-bond donors (Lipinski definition) is 0. The summed E-state index contributed by atoms with van der Waals surface area (Å²) in [6, 6.07) is 7.52. The van der Waals surface area contributed by atoms with E-state index in [9.17, 15) is 9.59 Å². The van der Waals surface area contributed by atoms with Gasteiger partial charge in [0, 0.05) is 26.1 Å². The first-order valence-corrected chi connectivity index (χ1v) is 9.40. The first kappa shape index (κ1) is 18.7. The number of ether oxygens (including phenoxy) is 2. The highest BCUT2D eigenvalue weighted by atomic mass is 16.5. The highest BCUT2D eigenvalue weighted by Gasteiger charge is 2.37. The van der Waals surface area contributed by atoms with Crippen molar-refractivity contribution >= 4 is 11.8 Å². The Morgan fingerprint density at radius 1 is 1.19 bits per heavy atom. The second kappa shape index (κ2) is 8.54. The fourth-order valence-electron chi connectivity index (χ4n) is 3.75. The Morgan fingerprint density at radius 3 is 2.54 bits per heavy atom. The van der Waals surface area contributed by atoms with Gasteiger partial charge in [0.25, 0.3) is 0 Å². The number of likely N-dealkylation sites (tertiary alicyclic amines) is 1. The Kier molecular flexibility index (Phi) is 6.14. The molecule has 1 aromatic carbocycles. The zero-order chi connectivity index (χ0) is 18.5. The zero-order valence-electron chi connectivity index (χ0n) is 15.6. The smallest absolute Gasteiger partial charge is 0.245 e. The van der Waals surface area contributed by atoms with Gasteiger partial charge in [-0.2, -0.15) is 0 Å². The molecule has 2 atom stereocenters. The molecule has 26 heavy (non-hydrogen) atoms. The van der Waals surface area contributed by atoms with Gasteiger partial charge in [0.05, 0.1) is 20.3 Å². The summed E-state index contributed by atoms with van der Waals surface area (Å²) >= 11 is 0. The third kappa shape index (κ3) is 4.18. The summed E-state index contributed by atoms with van der Waals surface area (Å²) in [6.07, 6.45) is 2.07. The molecule has 2 aliphatic rings. The van der Waals surface area contributed by atoms with Crippen molar-refractivity contribution in [3.05, 3.63) is 29.8 Å². The van der Waals surface area contributed by atoms with Crippen molar-refractivity contribution < 1.29 is 19.1 Å². The Bertz CT molecular complexity index is 625. The van der Waals surface area contributed by atoms with Crippen molar-refractivity contribution in [2.24, 2.45) is 0 Å². The van der Waals surface area contributed by atoms with E-state index < -0.39 is 0 Å². The van der Waals surface area contributed by atoms with E-state index in [2.05, 4.69) is 6.92 Å². The Balaban J connectivity index is 1.61. The fourth-order valence-corrected chi connectivity index (χ4v) is 3.75. The summed E-state index contributed by atoms with van der Waals surface area (Å²) in [5, 5.41) is 0. The predicted molar refractivity (Wildman–Crippen MR) is 98.2 cm³/mol. The summed E-state index contributed by atoms with van der Waals surface area (Å²) in [6.45, 7) is 5.14. The van der Waals surface area contributed by atoms with Gasteiger partial charge in [0.1, 0.15) is 11.8 Å². The molecule has 142 valence electrons. The highest BCUT2D eigenvalue weighted by Crippen LogP contribution is 2.26. The van der Waals surface area contributed by atoms with Gasteiger partial charge in [-0.3, -0.25) is 9.59 Å². The number of carbonyl (C=O) groups excluding carboxylic acids is 2.